The number of carbonyl (C=O) groups is 1. The lowest BCUT2D eigenvalue weighted by molar-refractivity contribution is 0.0235. The number of rotatable bonds is 4. The summed E-state index contributed by atoms with van der Waals surface area (Å²) in [5, 5.41) is 16.8. The third-order valence-electron chi connectivity index (χ3n) is 3.96. The summed E-state index contributed by atoms with van der Waals surface area (Å²) in [5.74, 6) is 0.220. The largest absolute Gasteiger partial charge is 0.393 e. The van der Waals surface area contributed by atoms with Crippen LogP contribution in [0.1, 0.15) is 39.0 Å². The van der Waals surface area contributed by atoms with E-state index >= 15 is 0 Å². The first-order chi connectivity index (χ1) is 10.0. The second-order valence-electron chi connectivity index (χ2n) is 5.69. The number of thiophene rings is 1. The monoisotopic (exact) mass is 305 g/mol. The Morgan fingerprint density at radius 2 is 2.29 bits per heavy atom. The minimum atomic E-state index is -0.241. The van der Waals surface area contributed by atoms with Crippen molar-refractivity contribution >= 4 is 17.2 Å². The van der Waals surface area contributed by atoms with Gasteiger partial charge >= 0.3 is 0 Å². The van der Waals surface area contributed by atoms with E-state index in [0.29, 0.717) is 0 Å². The predicted octanol–water partition coefficient (Wildman–Crippen LogP) is 2.03. The summed E-state index contributed by atoms with van der Waals surface area (Å²) < 4.78 is 1.73. The predicted molar refractivity (Wildman–Crippen MR) is 81.2 cm³/mol. The van der Waals surface area contributed by atoms with E-state index in [1.807, 2.05) is 32.3 Å². The minimum Gasteiger partial charge on any atom is -0.393 e. The van der Waals surface area contributed by atoms with Crippen molar-refractivity contribution in [2.75, 3.05) is 0 Å². The number of hydrogen-bond donors (Lipinski definition) is 2. The number of hydrogen-bond acceptors (Lipinski definition) is 4. The number of aliphatic hydroxyl groups excluding tert-OH is 1. The SMILES string of the molecule is Cc1ccc(C(=O)N[C@@H](c2cnn(C)c2)C2CC(O)C2)s1. The van der Waals surface area contributed by atoms with Gasteiger partial charge in [0.1, 0.15) is 0 Å². The first-order valence-electron chi connectivity index (χ1n) is 7.07. The zero-order valence-electron chi connectivity index (χ0n) is 12.1. The molecule has 0 aromatic carbocycles. The van der Waals surface area contributed by atoms with Crippen LogP contribution in [0.5, 0.6) is 0 Å². The molecule has 112 valence electrons. The highest BCUT2D eigenvalue weighted by Crippen LogP contribution is 2.38. The molecule has 2 heterocycles. The van der Waals surface area contributed by atoms with Crippen molar-refractivity contribution < 1.29 is 9.90 Å². The maximum Gasteiger partial charge on any atom is 0.261 e. The van der Waals surface area contributed by atoms with Gasteiger partial charge in [-0.2, -0.15) is 5.10 Å². The van der Waals surface area contributed by atoms with Crippen molar-refractivity contribution in [2.24, 2.45) is 13.0 Å². The molecule has 0 aliphatic heterocycles. The highest BCUT2D eigenvalue weighted by Gasteiger charge is 2.36. The average Bonchev–Trinajstić information content (AvgIpc) is 3.01. The second-order valence-corrected chi connectivity index (χ2v) is 6.98. The summed E-state index contributed by atoms with van der Waals surface area (Å²) in [6, 6.07) is 3.72. The summed E-state index contributed by atoms with van der Waals surface area (Å²) in [4.78, 5) is 14.2. The van der Waals surface area contributed by atoms with E-state index in [0.717, 1.165) is 28.2 Å². The van der Waals surface area contributed by atoms with Gasteiger partial charge < -0.3 is 10.4 Å². The van der Waals surface area contributed by atoms with Crippen LogP contribution in [0.15, 0.2) is 24.5 Å². The van der Waals surface area contributed by atoms with Crippen LogP contribution in [0.2, 0.25) is 0 Å². The molecule has 2 aromatic heterocycles. The lowest BCUT2D eigenvalue weighted by atomic mass is 9.75. The van der Waals surface area contributed by atoms with Crippen LogP contribution in [-0.2, 0) is 7.05 Å². The van der Waals surface area contributed by atoms with Crippen LogP contribution in [0.3, 0.4) is 0 Å². The lowest BCUT2D eigenvalue weighted by Crippen LogP contribution is -2.41. The average molecular weight is 305 g/mol. The van der Waals surface area contributed by atoms with Crippen LogP contribution in [0.25, 0.3) is 0 Å². The summed E-state index contributed by atoms with van der Waals surface area (Å²) in [7, 11) is 1.86. The molecule has 0 radical (unpaired) electrons. The smallest absolute Gasteiger partial charge is 0.261 e. The highest BCUT2D eigenvalue weighted by atomic mass is 32.1. The zero-order valence-corrected chi connectivity index (χ0v) is 12.9. The van der Waals surface area contributed by atoms with Crippen molar-refractivity contribution in [1.29, 1.82) is 0 Å². The van der Waals surface area contributed by atoms with Crippen LogP contribution in [0, 0.1) is 12.8 Å². The molecular formula is C15H19N3O2S. The molecular weight excluding hydrogens is 286 g/mol. The van der Waals surface area contributed by atoms with Gasteiger partial charge in [0, 0.05) is 23.7 Å². The molecule has 1 aliphatic rings. The van der Waals surface area contributed by atoms with Gasteiger partial charge in [0.25, 0.3) is 5.91 Å². The molecule has 1 amide bonds. The number of nitrogens with zero attached hydrogens (tertiary/aromatic N) is 2. The van der Waals surface area contributed by atoms with E-state index in [4.69, 9.17) is 0 Å². The lowest BCUT2D eigenvalue weighted by Gasteiger charge is -2.37. The van der Waals surface area contributed by atoms with Gasteiger partial charge in [-0.05, 0) is 37.8 Å². The maximum absolute atomic E-state index is 12.4. The Morgan fingerprint density at radius 3 is 2.81 bits per heavy atom. The second kappa shape index (κ2) is 5.61. The Balaban J connectivity index is 1.77. The number of aliphatic hydroxyl groups is 1. The summed E-state index contributed by atoms with van der Waals surface area (Å²) in [5.41, 5.74) is 0.996. The fourth-order valence-corrected chi connectivity index (χ4v) is 3.52. The van der Waals surface area contributed by atoms with E-state index < -0.39 is 0 Å². The zero-order chi connectivity index (χ0) is 15.0. The van der Waals surface area contributed by atoms with E-state index in [9.17, 15) is 9.90 Å². The Morgan fingerprint density at radius 1 is 1.52 bits per heavy atom. The Kier molecular flexibility index (Phi) is 3.82. The van der Waals surface area contributed by atoms with E-state index in [1.54, 1.807) is 10.9 Å². The Labute approximate surface area is 127 Å². The fourth-order valence-electron chi connectivity index (χ4n) is 2.75. The highest BCUT2D eigenvalue weighted by molar-refractivity contribution is 7.13. The number of aromatic nitrogens is 2. The van der Waals surface area contributed by atoms with Gasteiger partial charge in [-0.25, -0.2) is 0 Å². The summed E-state index contributed by atoms with van der Waals surface area (Å²) >= 11 is 1.49. The van der Waals surface area contributed by atoms with Crippen LogP contribution >= 0.6 is 11.3 Å². The molecule has 0 unspecified atom stereocenters. The van der Waals surface area contributed by atoms with Gasteiger partial charge in [0.2, 0.25) is 0 Å². The third kappa shape index (κ3) is 3.01. The quantitative estimate of drug-likeness (QED) is 0.908. The molecule has 6 heteroatoms. The van der Waals surface area contributed by atoms with Gasteiger partial charge in [-0.3, -0.25) is 9.48 Å². The molecule has 2 aromatic rings. The van der Waals surface area contributed by atoms with Crippen molar-refractivity contribution in [3.8, 4) is 0 Å². The van der Waals surface area contributed by atoms with Crippen LogP contribution < -0.4 is 5.32 Å². The van der Waals surface area contributed by atoms with Gasteiger partial charge in [0.15, 0.2) is 0 Å². The third-order valence-corrected chi connectivity index (χ3v) is 4.96. The van der Waals surface area contributed by atoms with Crippen molar-refractivity contribution in [3.05, 3.63) is 39.8 Å². The van der Waals surface area contributed by atoms with Crippen molar-refractivity contribution in [1.82, 2.24) is 15.1 Å². The molecule has 1 fully saturated rings. The van der Waals surface area contributed by atoms with Crippen LogP contribution in [-0.4, -0.2) is 26.9 Å². The van der Waals surface area contributed by atoms with Crippen LogP contribution in [0.4, 0.5) is 0 Å². The number of aryl methyl sites for hydroxylation is 2. The number of carbonyl (C=O) groups excluding carboxylic acids is 1. The van der Waals surface area contributed by atoms with E-state index in [2.05, 4.69) is 10.4 Å². The Hall–Kier alpha value is -1.66. The normalized spacial score (nSPS) is 22.6. The van der Waals surface area contributed by atoms with E-state index in [-0.39, 0.29) is 24.0 Å². The Bertz CT molecular complexity index is 643. The maximum atomic E-state index is 12.4. The first kappa shape index (κ1) is 14.3. The molecule has 0 saturated heterocycles. The molecule has 1 saturated carbocycles. The topological polar surface area (TPSA) is 67.2 Å². The molecule has 2 N–H and O–H groups in total. The number of amides is 1. The molecule has 1 aliphatic carbocycles. The van der Waals surface area contributed by atoms with Gasteiger partial charge in [0.05, 0.1) is 23.2 Å². The molecule has 21 heavy (non-hydrogen) atoms. The van der Waals surface area contributed by atoms with Gasteiger partial charge in [-0.1, -0.05) is 0 Å². The fraction of sp³-hybridized carbons (Fsp3) is 0.467. The summed E-state index contributed by atoms with van der Waals surface area (Å²) in [6.45, 7) is 1.99. The van der Waals surface area contributed by atoms with Crippen molar-refractivity contribution in [3.63, 3.8) is 0 Å². The molecule has 3 rings (SSSR count). The molecule has 5 nitrogen and oxygen atoms in total. The number of nitrogens with one attached hydrogen (secondary N) is 1. The standard InChI is InChI=1S/C15H19N3O2S/c1-9-3-4-13(21-9)15(20)17-14(10-5-12(19)6-10)11-7-16-18(2)8-11/h3-4,7-8,10,12,14,19H,5-6H2,1-2H3,(H,17,20)/t10?,12?,14-/m1/s1. The summed E-state index contributed by atoms with van der Waals surface area (Å²) in [6.07, 6.45) is 4.92. The molecule has 1 atom stereocenters. The first-order valence-corrected chi connectivity index (χ1v) is 7.88. The molecule has 0 spiro atoms. The van der Waals surface area contributed by atoms with Crippen molar-refractivity contribution in [2.45, 2.75) is 31.9 Å². The van der Waals surface area contributed by atoms with E-state index in [1.165, 1.54) is 11.3 Å². The van der Waals surface area contributed by atoms with Gasteiger partial charge in [-0.15, -0.1) is 11.3 Å². The molecule has 0 bridgehead atoms. The minimum absolute atomic E-state index is 0.0525.